The lowest BCUT2D eigenvalue weighted by Crippen LogP contribution is -2.21. The van der Waals surface area contributed by atoms with Gasteiger partial charge in [-0.15, -0.1) is 0 Å². The Kier molecular flexibility index (Phi) is 2.74. The number of para-hydroxylation sites is 2. The highest BCUT2D eigenvalue weighted by molar-refractivity contribution is 5.45. The van der Waals surface area contributed by atoms with E-state index in [0.717, 1.165) is 0 Å². The summed E-state index contributed by atoms with van der Waals surface area (Å²) in [5.41, 5.74) is 0.546. The van der Waals surface area contributed by atoms with E-state index in [0.29, 0.717) is 35.5 Å². The van der Waals surface area contributed by atoms with Gasteiger partial charge in [-0.3, -0.25) is 4.98 Å². The summed E-state index contributed by atoms with van der Waals surface area (Å²) in [5.74, 6) is 2.10. The first-order valence-corrected chi connectivity index (χ1v) is 6.38. The first-order valence-electron chi connectivity index (χ1n) is 6.38. The quantitative estimate of drug-likeness (QED) is 0.711. The Bertz CT molecular complexity index is 760. The van der Waals surface area contributed by atoms with Crippen molar-refractivity contribution >= 4 is 0 Å². The van der Waals surface area contributed by atoms with Gasteiger partial charge in [0.2, 0.25) is 11.9 Å². The molecular weight excluding hydrogens is 272 g/mol. The summed E-state index contributed by atoms with van der Waals surface area (Å²) in [7, 11) is 0. The molecule has 0 saturated carbocycles. The Hall–Kier alpha value is -2.96. The number of rotatable bonds is 2. The van der Waals surface area contributed by atoms with Crippen LogP contribution in [0.2, 0.25) is 0 Å². The van der Waals surface area contributed by atoms with Gasteiger partial charge in [0.1, 0.15) is 12.3 Å². The topological polar surface area (TPSA) is 83.2 Å². The third-order valence-corrected chi connectivity index (χ3v) is 3.02. The van der Waals surface area contributed by atoms with Crippen LogP contribution < -0.4 is 9.47 Å². The second-order valence-electron chi connectivity index (χ2n) is 4.41. The number of nitrogens with zero attached hydrogens (tertiary/aromatic N) is 4. The minimum Gasteiger partial charge on any atom is -0.485 e. The van der Waals surface area contributed by atoms with Crippen molar-refractivity contribution in [3.05, 3.63) is 48.7 Å². The van der Waals surface area contributed by atoms with Gasteiger partial charge in [-0.05, 0) is 12.1 Å². The summed E-state index contributed by atoms with van der Waals surface area (Å²) in [5, 5.41) is 3.89. The van der Waals surface area contributed by atoms with Crippen LogP contribution in [0.5, 0.6) is 11.5 Å². The fourth-order valence-corrected chi connectivity index (χ4v) is 2.03. The molecule has 104 valence electrons. The van der Waals surface area contributed by atoms with E-state index in [-0.39, 0.29) is 0 Å². The maximum Gasteiger partial charge on any atom is 0.271 e. The van der Waals surface area contributed by atoms with Crippen LogP contribution in [-0.4, -0.2) is 26.7 Å². The lowest BCUT2D eigenvalue weighted by Gasteiger charge is -2.23. The van der Waals surface area contributed by atoms with E-state index in [2.05, 4.69) is 20.1 Å². The van der Waals surface area contributed by atoms with E-state index < -0.39 is 6.10 Å². The molecule has 0 fully saturated rings. The van der Waals surface area contributed by atoms with E-state index in [4.69, 9.17) is 14.0 Å². The number of benzene rings is 1. The molecule has 7 heteroatoms. The fourth-order valence-electron chi connectivity index (χ4n) is 2.03. The number of aromatic nitrogens is 4. The molecule has 1 aliphatic rings. The molecule has 0 N–H and O–H groups in total. The van der Waals surface area contributed by atoms with Crippen molar-refractivity contribution in [2.24, 2.45) is 0 Å². The summed E-state index contributed by atoms with van der Waals surface area (Å²) in [6.45, 7) is 0.319. The van der Waals surface area contributed by atoms with Gasteiger partial charge >= 0.3 is 0 Å². The lowest BCUT2D eigenvalue weighted by molar-refractivity contribution is 0.0665. The zero-order chi connectivity index (χ0) is 14.1. The SMILES string of the molecule is c1ccc2c(c1)OCC(c1nc(-c3cnccn3)no1)O2. The molecule has 1 atom stereocenters. The van der Waals surface area contributed by atoms with Gasteiger partial charge in [0.15, 0.2) is 11.5 Å². The van der Waals surface area contributed by atoms with E-state index in [9.17, 15) is 0 Å². The highest BCUT2D eigenvalue weighted by Gasteiger charge is 2.27. The second kappa shape index (κ2) is 4.86. The smallest absolute Gasteiger partial charge is 0.271 e. The van der Waals surface area contributed by atoms with Gasteiger partial charge in [-0.25, -0.2) is 4.98 Å². The Balaban J connectivity index is 1.60. The molecule has 1 aromatic carbocycles. The number of fused-ring (bicyclic) bond motifs is 1. The zero-order valence-electron chi connectivity index (χ0n) is 10.8. The van der Waals surface area contributed by atoms with Crippen molar-refractivity contribution in [1.29, 1.82) is 0 Å². The molecule has 2 aromatic heterocycles. The number of ether oxygens (including phenoxy) is 2. The Morgan fingerprint density at radius 2 is 2.00 bits per heavy atom. The average Bonchev–Trinajstić information content (AvgIpc) is 3.05. The molecule has 0 spiro atoms. The molecular formula is C14H10N4O3. The van der Waals surface area contributed by atoms with Crippen LogP contribution in [0.1, 0.15) is 12.0 Å². The molecule has 3 heterocycles. The maximum atomic E-state index is 5.81. The molecule has 7 nitrogen and oxygen atoms in total. The van der Waals surface area contributed by atoms with Crippen molar-refractivity contribution in [1.82, 2.24) is 20.1 Å². The molecule has 0 bridgehead atoms. The van der Waals surface area contributed by atoms with E-state index in [1.54, 1.807) is 18.6 Å². The molecule has 0 amide bonds. The molecule has 1 unspecified atom stereocenters. The Morgan fingerprint density at radius 3 is 2.86 bits per heavy atom. The predicted octanol–water partition coefficient (Wildman–Crippen LogP) is 2.04. The minimum atomic E-state index is -0.433. The zero-order valence-corrected chi connectivity index (χ0v) is 10.8. The van der Waals surface area contributed by atoms with Crippen LogP contribution in [-0.2, 0) is 0 Å². The third kappa shape index (κ3) is 2.18. The molecule has 4 rings (SSSR count). The Morgan fingerprint density at radius 1 is 1.10 bits per heavy atom. The maximum absolute atomic E-state index is 5.81. The van der Waals surface area contributed by atoms with E-state index >= 15 is 0 Å². The molecule has 0 saturated heterocycles. The van der Waals surface area contributed by atoms with Crippen LogP contribution in [0.25, 0.3) is 11.5 Å². The first-order chi connectivity index (χ1) is 10.4. The predicted molar refractivity (Wildman–Crippen MR) is 70.6 cm³/mol. The Labute approximate surface area is 119 Å². The van der Waals surface area contributed by atoms with Crippen molar-refractivity contribution in [2.45, 2.75) is 6.10 Å². The van der Waals surface area contributed by atoms with Gasteiger partial charge in [0, 0.05) is 12.4 Å². The highest BCUT2D eigenvalue weighted by Crippen LogP contribution is 2.35. The molecule has 1 aliphatic heterocycles. The van der Waals surface area contributed by atoms with Crippen LogP contribution in [0, 0.1) is 0 Å². The largest absolute Gasteiger partial charge is 0.485 e. The monoisotopic (exact) mass is 282 g/mol. The summed E-state index contributed by atoms with van der Waals surface area (Å²) in [4.78, 5) is 12.4. The van der Waals surface area contributed by atoms with E-state index in [1.807, 2.05) is 24.3 Å². The molecule has 0 radical (unpaired) electrons. The summed E-state index contributed by atoms with van der Waals surface area (Å²) in [6, 6.07) is 7.45. The minimum absolute atomic E-state index is 0.319. The second-order valence-corrected chi connectivity index (χ2v) is 4.41. The van der Waals surface area contributed by atoms with Gasteiger partial charge < -0.3 is 14.0 Å². The van der Waals surface area contributed by atoms with Gasteiger partial charge in [0.25, 0.3) is 5.89 Å². The van der Waals surface area contributed by atoms with Crippen molar-refractivity contribution in [3.8, 4) is 23.0 Å². The van der Waals surface area contributed by atoms with Crippen LogP contribution >= 0.6 is 0 Å². The van der Waals surface area contributed by atoms with Gasteiger partial charge in [-0.1, -0.05) is 17.3 Å². The van der Waals surface area contributed by atoms with Crippen molar-refractivity contribution in [2.75, 3.05) is 6.61 Å². The van der Waals surface area contributed by atoms with Crippen LogP contribution in [0.3, 0.4) is 0 Å². The van der Waals surface area contributed by atoms with Crippen molar-refractivity contribution < 1.29 is 14.0 Å². The molecule has 0 aliphatic carbocycles. The molecule has 3 aromatic rings. The molecule has 21 heavy (non-hydrogen) atoms. The average molecular weight is 282 g/mol. The normalized spacial score (nSPS) is 16.7. The van der Waals surface area contributed by atoms with E-state index in [1.165, 1.54) is 0 Å². The van der Waals surface area contributed by atoms with Crippen molar-refractivity contribution in [3.63, 3.8) is 0 Å². The standard InChI is InChI=1S/C14H10N4O3/c1-2-4-11-10(3-1)19-8-12(20-11)14-17-13(18-21-14)9-7-15-5-6-16-9/h1-7,12H,8H2. The van der Waals surface area contributed by atoms with Gasteiger partial charge in [0.05, 0.1) is 6.20 Å². The summed E-state index contributed by atoms with van der Waals surface area (Å²) < 4.78 is 16.7. The first kappa shape index (κ1) is 11.8. The summed E-state index contributed by atoms with van der Waals surface area (Å²) in [6.07, 6.45) is 4.29. The van der Waals surface area contributed by atoms with Crippen LogP contribution in [0.15, 0.2) is 47.4 Å². The lowest BCUT2D eigenvalue weighted by atomic mass is 10.2. The highest BCUT2D eigenvalue weighted by atomic mass is 16.6. The number of hydrogen-bond acceptors (Lipinski definition) is 7. The van der Waals surface area contributed by atoms with Crippen LogP contribution in [0.4, 0.5) is 0 Å². The third-order valence-electron chi connectivity index (χ3n) is 3.02. The number of hydrogen-bond donors (Lipinski definition) is 0. The fraction of sp³-hybridized carbons (Fsp3) is 0.143. The van der Waals surface area contributed by atoms with Gasteiger partial charge in [-0.2, -0.15) is 4.98 Å². The summed E-state index contributed by atoms with van der Waals surface area (Å²) >= 11 is 0.